The van der Waals surface area contributed by atoms with Gasteiger partial charge in [-0.05, 0) is 52.2 Å². The van der Waals surface area contributed by atoms with Crippen molar-refractivity contribution in [2.75, 3.05) is 26.4 Å². The number of carbonyl (C=O) groups excluding carboxylic acids is 1. The molecular weight excluding hydrogens is 294 g/mol. The molecule has 0 radical (unpaired) electrons. The van der Waals surface area contributed by atoms with Crippen LogP contribution in [0.2, 0.25) is 0 Å². The molecule has 1 rings (SSSR count). The minimum absolute atomic E-state index is 0.0887. The number of amides is 1. The zero-order valence-corrected chi connectivity index (χ0v) is 12.6. The van der Waals surface area contributed by atoms with Crippen LogP contribution >= 0.6 is 15.9 Å². The van der Waals surface area contributed by atoms with Crippen molar-refractivity contribution in [3.05, 3.63) is 28.2 Å². The van der Waals surface area contributed by atoms with E-state index in [2.05, 4.69) is 26.1 Å². The molecule has 0 aliphatic rings. The number of hydrogen-bond donors (Lipinski definition) is 2. The number of hydrogen-bond acceptors (Lipinski definition) is 3. The van der Waals surface area contributed by atoms with Gasteiger partial charge in [0.1, 0.15) is 0 Å². The number of halogens is 1. The maximum absolute atomic E-state index is 12.0. The highest BCUT2D eigenvalue weighted by molar-refractivity contribution is 9.10. The lowest BCUT2D eigenvalue weighted by molar-refractivity contribution is 0.0936. The lowest BCUT2D eigenvalue weighted by atomic mass is 10.1. The minimum Gasteiger partial charge on any atom is -0.399 e. The van der Waals surface area contributed by atoms with E-state index in [1.807, 2.05) is 21.0 Å². The summed E-state index contributed by atoms with van der Waals surface area (Å²) in [5.41, 5.74) is 6.87. The van der Waals surface area contributed by atoms with E-state index in [0.29, 0.717) is 11.3 Å². The summed E-state index contributed by atoms with van der Waals surface area (Å²) in [5, 5.41) is 2.96. The molecule has 1 atom stereocenters. The Bertz CT molecular complexity index is 400. The number of anilines is 1. The number of nitrogen functional groups attached to an aromatic ring is 1. The second kappa shape index (κ2) is 6.75. The molecule has 1 amide bonds. The zero-order chi connectivity index (χ0) is 13.7. The smallest absolute Gasteiger partial charge is 0.251 e. The quantitative estimate of drug-likeness (QED) is 0.818. The van der Waals surface area contributed by atoms with Crippen LogP contribution in [0.25, 0.3) is 0 Å². The summed E-state index contributed by atoms with van der Waals surface area (Å²) in [6, 6.07) is 5.36. The highest BCUT2D eigenvalue weighted by Gasteiger charge is 2.11. The van der Waals surface area contributed by atoms with Crippen LogP contribution in [-0.4, -0.2) is 37.5 Å². The van der Waals surface area contributed by atoms with Crippen molar-refractivity contribution < 1.29 is 4.79 Å². The number of carbonyl (C=O) groups is 1. The first kappa shape index (κ1) is 15.0. The molecule has 4 nitrogen and oxygen atoms in total. The summed E-state index contributed by atoms with van der Waals surface area (Å²) in [7, 11) is 4.03. The Morgan fingerprint density at radius 1 is 1.44 bits per heavy atom. The van der Waals surface area contributed by atoms with Gasteiger partial charge in [-0.3, -0.25) is 4.79 Å². The maximum Gasteiger partial charge on any atom is 0.251 e. The van der Waals surface area contributed by atoms with E-state index in [-0.39, 0.29) is 11.9 Å². The Hall–Kier alpha value is -1.07. The highest BCUT2D eigenvalue weighted by Crippen LogP contribution is 2.17. The van der Waals surface area contributed by atoms with Crippen LogP contribution in [0.1, 0.15) is 23.7 Å². The Labute approximate surface area is 117 Å². The molecule has 0 saturated heterocycles. The van der Waals surface area contributed by atoms with Gasteiger partial charge in [0.25, 0.3) is 5.91 Å². The molecule has 1 aromatic rings. The monoisotopic (exact) mass is 313 g/mol. The van der Waals surface area contributed by atoms with Crippen LogP contribution in [-0.2, 0) is 0 Å². The molecule has 1 aromatic carbocycles. The Morgan fingerprint density at radius 2 is 2.11 bits per heavy atom. The van der Waals surface area contributed by atoms with E-state index in [0.717, 1.165) is 17.4 Å². The predicted octanol–water partition coefficient (Wildman–Crippen LogP) is 2.10. The third kappa shape index (κ3) is 5.06. The van der Waals surface area contributed by atoms with Gasteiger partial charge in [-0.1, -0.05) is 15.9 Å². The largest absolute Gasteiger partial charge is 0.399 e. The lowest BCUT2D eigenvalue weighted by Gasteiger charge is -2.17. The van der Waals surface area contributed by atoms with Gasteiger partial charge in [-0.25, -0.2) is 0 Å². The van der Waals surface area contributed by atoms with Gasteiger partial charge in [-0.15, -0.1) is 0 Å². The molecule has 0 aliphatic carbocycles. The van der Waals surface area contributed by atoms with Crippen LogP contribution in [0.4, 0.5) is 5.69 Å². The molecule has 1 unspecified atom stereocenters. The van der Waals surface area contributed by atoms with Crippen molar-refractivity contribution >= 4 is 27.5 Å². The van der Waals surface area contributed by atoms with Crippen molar-refractivity contribution in [3.63, 3.8) is 0 Å². The van der Waals surface area contributed by atoms with E-state index >= 15 is 0 Å². The van der Waals surface area contributed by atoms with E-state index in [4.69, 9.17) is 5.73 Å². The molecule has 3 N–H and O–H groups in total. The third-order valence-electron chi connectivity index (χ3n) is 2.57. The molecule has 0 aliphatic heterocycles. The molecule has 0 saturated carbocycles. The molecular formula is C13H20BrN3O. The average Bonchev–Trinajstić information content (AvgIpc) is 2.25. The van der Waals surface area contributed by atoms with Crippen LogP contribution in [0.5, 0.6) is 0 Å². The van der Waals surface area contributed by atoms with E-state index in [1.54, 1.807) is 18.2 Å². The topological polar surface area (TPSA) is 58.4 Å². The van der Waals surface area contributed by atoms with Crippen LogP contribution < -0.4 is 11.1 Å². The van der Waals surface area contributed by atoms with Gasteiger partial charge < -0.3 is 16.0 Å². The number of nitrogens with zero attached hydrogens (tertiary/aromatic N) is 1. The van der Waals surface area contributed by atoms with Gasteiger partial charge in [-0.2, -0.15) is 0 Å². The Morgan fingerprint density at radius 3 is 2.67 bits per heavy atom. The molecule has 5 heteroatoms. The number of nitrogens with two attached hydrogens (primary N) is 1. The Balaban J connectivity index is 2.59. The van der Waals surface area contributed by atoms with Gasteiger partial charge in [0.15, 0.2) is 0 Å². The zero-order valence-electron chi connectivity index (χ0n) is 11.0. The van der Waals surface area contributed by atoms with E-state index < -0.39 is 0 Å². The fourth-order valence-corrected chi connectivity index (χ4v) is 2.09. The molecule has 100 valence electrons. The van der Waals surface area contributed by atoms with E-state index in [1.165, 1.54) is 0 Å². The fourth-order valence-electron chi connectivity index (χ4n) is 1.57. The van der Waals surface area contributed by atoms with Crippen molar-refractivity contribution in [1.29, 1.82) is 0 Å². The predicted molar refractivity (Wildman–Crippen MR) is 78.7 cm³/mol. The van der Waals surface area contributed by atoms with Crippen molar-refractivity contribution in [2.24, 2.45) is 0 Å². The van der Waals surface area contributed by atoms with Crippen LogP contribution in [0, 0.1) is 0 Å². The highest BCUT2D eigenvalue weighted by atomic mass is 79.9. The third-order valence-corrected chi connectivity index (χ3v) is 3.03. The van der Waals surface area contributed by atoms with Crippen LogP contribution in [0.15, 0.2) is 22.7 Å². The minimum atomic E-state index is -0.0887. The molecule has 18 heavy (non-hydrogen) atoms. The van der Waals surface area contributed by atoms with E-state index in [9.17, 15) is 4.79 Å². The molecule has 0 spiro atoms. The number of nitrogens with one attached hydrogen (secondary N) is 1. The normalized spacial score (nSPS) is 12.5. The van der Waals surface area contributed by atoms with Crippen LogP contribution in [0.3, 0.4) is 0 Å². The number of benzene rings is 1. The summed E-state index contributed by atoms with van der Waals surface area (Å²) in [6.07, 6.45) is 0.919. The van der Waals surface area contributed by atoms with Gasteiger partial charge >= 0.3 is 0 Å². The average molecular weight is 314 g/mol. The summed E-state index contributed by atoms with van der Waals surface area (Å²) in [5.74, 6) is -0.0887. The second-order valence-electron chi connectivity index (χ2n) is 4.74. The lowest BCUT2D eigenvalue weighted by Crippen LogP contribution is -2.34. The van der Waals surface area contributed by atoms with Gasteiger partial charge in [0.05, 0.1) is 0 Å². The molecule has 0 fully saturated rings. The number of rotatable bonds is 5. The maximum atomic E-state index is 12.0. The van der Waals surface area contributed by atoms with Gasteiger partial charge in [0.2, 0.25) is 0 Å². The molecule has 0 aromatic heterocycles. The first-order valence-electron chi connectivity index (χ1n) is 5.90. The first-order chi connectivity index (χ1) is 8.38. The van der Waals surface area contributed by atoms with Crippen molar-refractivity contribution in [3.8, 4) is 0 Å². The first-order valence-corrected chi connectivity index (χ1v) is 6.69. The summed E-state index contributed by atoms with van der Waals surface area (Å²) < 4.78 is 0.814. The molecule has 0 heterocycles. The molecule has 0 bridgehead atoms. The summed E-state index contributed by atoms with van der Waals surface area (Å²) in [4.78, 5) is 14.1. The second-order valence-corrected chi connectivity index (χ2v) is 5.66. The standard InChI is InChI=1S/C13H20BrN3O/c1-9(4-5-17(2)3)16-13(18)10-6-11(14)8-12(15)7-10/h6-9H,4-5,15H2,1-3H3,(H,16,18). The van der Waals surface area contributed by atoms with Gasteiger partial charge in [0, 0.05) is 21.8 Å². The Kier molecular flexibility index (Phi) is 5.62. The fraction of sp³-hybridized carbons (Fsp3) is 0.462. The van der Waals surface area contributed by atoms with Crippen molar-refractivity contribution in [2.45, 2.75) is 19.4 Å². The summed E-state index contributed by atoms with van der Waals surface area (Å²) >= 11 is 3.33. The SMILES string of the molecule is CC(CCN(C)C)NC(=O)c1cc(N)cc(Br)c1. The summed E-state index contributed by atoms with van der Waals surface area (Å²) in [6.45, 7) is 2.95. The van der Waals surface area contributed by atoms with Crippen molar-refractivity contribution in [1.82, 2.24) is 10.2 Å².